The third kappa shape index (κ3) is 5.97. The molecule has 2 aliphatic heterocycles. The standard InChI is InChI=1S/C28H24ClFN10O5S2/c1-45-36-19(23-35-28(33)47-37-23)24(41)34-20-25(42)40-21(27(43)44)14(11-46-26(20)40)8-38-4-2-12-3-5-39(18(12)10-38)9-15-16(29)6-13(22(31)32)7-17(15)30/h2-7,10,20,26H,8-9,11H2,1H3,(H6-,31,32,33,34,35,37,41,43,44)/p+1/b36-19-/t20-,26-/m1/s1. The van der Waals surface area contributed by atoms with Crippen LogP contribution in [0.4, 0.5) is 9.52 Å². The summed E-state index contributed by atoms with van der Waals surface area (Å²) in [7, 11) is 1.24. The number of carbonyl (C=O) groups excluding carboxylic acids is 2. The summed E-state index contributed by atoms with van der Waals surface area (Å²) in [4.78, 5) is 48.6. The molecule has 19 heteroatoms. The van der Waals surface area contributed by atoms with E-state index in [-0.39, 0.29) is 63.2 Å². The number of nitrogens with two attached hydrogens (primary N) is 2. The minimum atomic E-state index is -1.28. The Hall–Kier alpha value is -5.07. The average molecular weight is 700 g/mol. The van der Waals surface area contributed by atoms with E-state index in [1.54, 1.807) is 27.7 Å². The molecule has 0 bridgehead atoms. The number of aromatic nitrogens is 4. The number of rotatable bonds is 10. The van der Waals surface area contributed by atoms with E-state index in [0.717, 1.165) is 28.5 Å². The van der Waals surface area contributed by atoms with Gasteiger partial charge in [-0.3, -0.25) is 19.9 Å². The van der Waals surface area contributed by atoms with Gasteiger partial charge in [0.15, 0.2) is 24.1 Å². The van der Waals surface area contributed by atoms with Gasteiger partial charge >= 0.3 is 5.97 Å². The second kappa shape index (κ2) is 12.6. The van der Waals surface area contributed by atoms with Gasteiger partial charge in [0, 0.05) is 56.7 Å². The van der Waals surface area contributed by atoms with Gasteiger partial charge in [0.1, 0.15) is 41.4 Å². The molecule has 2 atom stereocenters. The first-order valence-corrected chi connectivity index (χ1v) is 15.9. The number of carboxylic acid groups (broad SMARTS) is 1. The number of carboxylic acids is 1. The summed E-state index contributed by atoms with van der Waals surface area (Å²) in [5.41, 5.74) is 12.3. The van der Waals surface area contributed by atoms with Gasteiger partial charge in [-0.2, -0.15) is 13.9 Å². The van der Waals surface area contributed by atoms with Crippen LogP contribution in [-0.2, 0) is 32.3 Å². The maximum absolute atomic E-state index is 14.9. The molecule has 6 rings (SSSR count). The van der Waals surface area contributed by atoms with Crippen molar-refractivity contribution in [1.29, 1.82) is 5.41 Å². The van der Waals surface area contributed by atoms with Gasteiger partial charge in [0.05, 0.1) is 6.54 Å². The van der Waals surface area contributed by atoms with Gasteiger partial charge in [0.25, 0.3) is 11.8 Å². The molecule has 0 radical (unpaired) electrons. The van der Waals surface area contributed by atoms with Gasteiger partial charge in [-0.15, -0.1) is 11.8 Å². The molecule has 4 aromatic rings. The van der Waals surface area contributed by atoms with Crippen molar-refractivity contribution in [3.8, 4) is 0 Å². The average Bonchev–Trinajstić information content (AvgIpc) is 3.65. The molecule has 0 saturated carbocycles. The Morgan fingerprint density at radius 3 is 2.81 bits per heavy atom. The molecule has 7 N–H and O–H groups in total. The SMILES string of the molecule is CO/N=C(\C(=O)N[C@@H]1C(=O)N2C(C(=O)O)=C(C[n+]3ccc4ccn(Cc5c(F)cc(C(=N)N)cc5Cl)c4c3)CS[C@H]12)c1nsc(N)n1. The molecular weight excluding hydrogens is 675 g/mol. The van der Waals surface area contributed by atoms with E-state index in [9.17, 15) is 23.9 Å². The monoisotopic (exact) mass is 699 g/mol. The van der Waals surface area contributed by atoms with E-state index in [1.807, 2.05) is 12.1 Å². The minimum absolute atomic E-state index is 0.0700. The number of nitrogens with one attached hydrogen (secondary N) is 2. The van der Waals surface area contributed by atoms with E-state index < -0.39 is 35.0 Å². The number of anilines is 1. The summed E-state index contributed by atoms with van der Waals surface area (Å²) in [6.45, 7) is 0.238. The van der Waals surface area contributed by atoms with Crippen LogP contribution in [0.15, 0.2) is 59.3 Å². The number of thioether (sulfide) groups is 1. The van der Waals surface area contributed by atoms with Crippen LogP contribution in [0.1, 0.15) is 17.0 Å². The second-order valence-electron chi connectivity index (χ2n) is 10.4. The fourth-order valence-electron chi connectivity index (χ4n) is 5.33. The van der Waals surface area contributed by atoms with Crippen LogP contribution >= 0.6 is 34.9 Å². The number of pyridine rings is 1. The zero-order chi connectivity index (χ0) is 33.6. The predicted octanol–water partition coefficient (Wildman–Crippen LogP) is 1.28. The van der Waals surface area contributed by atoms with Gasteiger partial charge in [-0.05, 0) is 18.2 Å². The van der Waals surface area contributed by atoms with Crippen molar-refractivity contribution in [3.05, 3.63) is 81.9 Å². The van der Waals surface area contributed by atoms with Gasteiger partial charge in [-0.1, -0.05) is 16.8 Å². The highest BCUT2D eigenvalue weighted by molar-refractivity contribution is 8.00. The molecule has 2 amide bonds. The van der Waals surface area contributed by atoms with Crippen molar-refractivity contribution in [2.75, 3.05) is 18.6 Å². The van der Waals surface area contributed by atoms with Gasteiger partial charge < -0.3 is 31.3 Å². The number of carbonyl (C=O) groups is 3. The molecule has 242 valence electrons. The fraction of sp³-hybridized carbons (Fsp3) is 0.214. The maximum atomic E-state index is 14.9. The number of aliphatic carboxylic acids is 1. The van der Waals surface area contributed by atoms with Crippen molar-refractivity contribution in [3.63, 3.8) is 0 Å². The molecule has 15 nitrogen and oxygen atoms in total. The van der Waals surface area contributed by atoms with Crippen molar-refractivity contribution < 1.29 is 33.3 Å². The third-order valence-corrected chi connectivity index (χ3v) is 9.73. The van der Waals surface area contributed by atoms with Crippen LogP contribution in [0.25, 0.3) is 10.9 Å². The van der Waals surface area contributed by atoms with Crippen molar-refractivity contribution in [2.45, 2.75) is 24.5 Å². The molecule has 3 aromatic heterocycles. The zero-order valence-electron chi connectivity index (χ0n) is 24.3. The van der Waals surface area contributed by atoms with E-state index in [1.165, 1.54) is 29.8 Å². The first-order valence-electron chi connectivity index (χ1n) is 13.7. The molecule has 1 saturated heterocycles. The van der Waals surface area contributed by atoms with Crippen molar-refractivity contribution in [2.24, 2.45) is 10.9 Å². The summed E-state index contributed by atoms with van der Waals surface area (Å²) in [5, 5.41) is 24.4. The van der Waals surface area contributed by atoms with Crippen molar-refractivity contribution >= 4 is 80.3 Å². The van der Waals surface area contributed by atoms with Crippen LogP contribution in [-0.4, -0.2) is 77.5 Å². The zero-order valence-corrected chi connectivity index (χ0v) is 26.7. The lowest BCUT2D eigenvalue weighted by Gasteiger charge is -2.49. The van der Waals surface area contributed by atoms with Crippen LogP contribution in [0.5, 0.6) is 0 Å². The normalized spacial score (nSPS) is 17.8. The van der Waals surface area contributed by atoms with E-state index in [0.29, 0.717) is 5.57 Å². The predicted molar refractivity (Wildman–Crippen MR) is 171 cm³/mol. The number of amidine groups is 1. The summed E-state index contributed by atoms with van der Waals surface area (Å²) >= 11 is 8.51. The quantitative estimate of drug-likeness (QED) is 0.0525. The first kappa shape index (κ1) is 31.9. The summed E-state index contributed by atoms with van der Waals surface area (Å²) in [6, 6.07) is 5.28. The minimum Gasteiger partial charge on any atom is -0.477 e. The Kier molecular flexibility index (Phi) is 8.56. The molecule has 0 unspecified atom stereocenters. The van der Waals surface area contributed by atoms with Gasteiger partial charge in [-0.25, -0.2) is 9.18 Å². The highest BCUT2D eigenvalue weighted by Gasteiger charge is 2.55. The number of nitrogen functional groups attached to an aromatic ring is 2. The topological polar surface area (TPSA) is 219 Å². The second-order valence-corrected chi connectivity index (χ2v) is 12.7. The molecule has 2 aliphatic rings. The number of halogens is 2. The number of β-lactam (4-membered cyclic amide) rings is 1. The van der Waals surface area contributed by atoms with Crippen molar-refractivity contribution in [1.82, 2.24) is 24.1 Å². The van der Waals surface area contributed by atoms with E-state index >= 15 is 0 Å². The summed E-state index contributed by atoms with van der Waals surface area (Å²) in [5.74, 6) is -3.36. The lowest BCUT2D eigenvalue weighted by Crippen LogP contribution is -2.71. The van der Waals surface area contributed by atoms with Crippen LogP contribution in [0.3, 0.4) is 0 Å². The first-order chi connectivity index (χ1) is 22.5. The Labute approximate surface area is 278 Å². The Morgan fingerprint density at radius 1 is 1.36 bits per heavy atom. The largest absolute Gasteiger partial charge is 0.477 e. The molecule has 1 aromatic carbocycles. The lowest BCUT2D eigenvalue weighted by molar-refractivity contribution is -0.687. The molecule has 0 aliphatic carbocycles. The molecule has 5 heterocycles. The smallest absolute Gasteiger partial charge is 0.352 e. The summed E-state index contributed by atoms with van der Waals surface area (Å²) < 4.78 is 22.5. The Morgan fingerprint density at radius 2 is 2.15 bits per heavy atom. The number of oxime groups is 1. The Bertz CT molecular complexity index is 2020. The number of hydrogen-bond donors (Lipinski definition) is 5. The lowest BCUT2D eigenvalue weighted by atomic mass is 10.0. The number of hydrogen-bond acceptors (Lipinski definition) is 11. The summed E-state index contributed by atoms with van der Waals surface area (Å²) in [6.07, 6.45) is 5.36. The number of amides is 2. The molecule has 47 heavy (non-hydrogen) atoms. The number of benzene rings is 1. The Balaban J connectivity index is 1.22. The molecule has 0 spiro atoms. The maximum Gasteiger partial charge on any atom is 0.352 e. The van der Waals surface area contributed by atoms with Gasteiger partial charge in [0.2, 0.25) is 11.5 Å². The highest BCUT2D eigenvalue weighted by atomic mass is 35.5. The fourth-order valence-corrected chi connectivity index (χ4v) is 7.36. The molecule has 1 fully saturated rings. The van der Waals surface area contributed by atoms with Crippen LogP contribution in [0.2, 0.25) is 5.02 Å². The number of fused-ring (bicyclic) bond motifs is 2. The number of nitrogens with zero attached hydrogens (tertiary/aromatic N) is 6. The van der Waals surface area contributed by atoms with E-state index in [2.05, 4.69) is 19.8 Å². The van der Waals surface area contributed by atoms with Crippen LogP contribution in [0, 0.1) is 11.2 Å². The highest BCUT2D eigenvalue weighted by Crippen LogP contribution is 2.40. The van der Waals surface area contributed by atoms with E-state index in [4.69, 9.17) is 33.3 Å². The van der Waals surface area contributed by atoms with Crippen LogP contribution < -0.4 is 21.4 Å². The third-order valence-electron chi connectivity index (χ3n) is 7.51. The molecular formula is C28H25ClFN10O5S2+.